The largest absolute Gasteiger partial charge is 0.445 e. The summed E-state index contributed by atoms with van der Waals surface area (Å²) in [6.07, 6.45) is 2.06. The summed E-state index contributed by atoms with van der Waals surface area (Å²) in [5.74, 6) is -0.449. The van der Waals surface area contributed by atoms with Gasteiger partial charge in [0.2, 0.25) is 5.91 Å². The molecule has 0 unspecified atom stereocenters. The quantitative estimate of drug-likeness (QED) is 0.213. The molecule has 0 aliphatic carbocycles. The first-order valence-corrected chi connectivity index (χ1v) is 15.3. The van der Waals surface area contributed by atoms with E-state index in [-0.39, 0.29) is 17.9 Å². The molecule has 0 heterocycles. The van der Waals surface area contributed by atoms with Gasteiger partial charge in [-0.05, 0) is 41.7 Å². The number of hydrogen-bond donors (Lipinski definition) is 2. The van der Waals surface area contributed by atoms with Crippen LogP contribution in [0.5, 0.6) is 0 Å². The first kappa shape index (κ1) is 30.3. The lowest BCUT2D eigenvalue weighted by molar-refractivity contribution is -0.123. The highest BCUT2D eigenvalue weighted by Crippen LogP contribution is 2.14. The van der Waals surface area contributed by atoms with Crippen LogP contribution in [-0.4, -0.2) is 32.5 Å². The summed E-state index contributed by atoms with van der Waals surface area (Å²) >= 11 is 0. The normalized spacial score (nSPS) is 12.8. The van der Waals surface area contributed by atoms with Crippen LogP contribution in [-0.2, 0) is 38.8 Å². The number of amides is 2. The van der Waals surface area contributed by atoms with E-state index in [4.69, 9.17) is 4.74 Å². The van der Waals surface area contributed by atoms with E-state index in [9.17, 15) is 18.0 Å². The topological polar surface area (TPSA) is 102 Å². The molecule has 0 aliphatic heterocycles. The summed E-state index contributed by atoms with van der Waals surface area (Å²) < 4.78 is 31.2. The summed E-state index contributed by atoms with van der Waals surface area (Å²) in [5, 5.41) is 6.78. The summed E-state index contributed by atoms with van der Waals surface area (Å²) in [4.78, 5) is 26.5. The minimum atomic E-state index is -3.72. The van der Waals surface area contributed by atoms with Crippen molar-refractivity contribution in [2.24, 2.45) is 0 Å². The molecule has 0 aromatic heterocycles. The van der Waals surface area contributed by atoms with Gasteiger partial charge in [0, 0.05) is 17.9 Å². The maximum absolute atomic E-state index is 13.6. The Bertz CT molecular complexity index is 1550. The fourth-order valence-electron chi connectivity index (χ4n) is 4.32. The predicted octanol–water partition coefficient (Wildman–Crippen LogP) is 5.63. The van der Waals surface area contributed by atoms with Gasteiger partial charge in [0.1, 0.15) is 12.6 Å². The van der Waals surface area contributed by atoms with Crippen LogP contribution < -0.4 is 10.6 Å². The Morgan fingerprint density at radius 2 is 1.21 bits per heavy atom. The molecule has 0 saturated carbocycles. The Balaban J connectivity index is 1.50. The fourth-order valence-corrected chi connectivity index (χ4v) is 5.41. The Labute approximate surface area is 247 Å². The molecule has 8 heteroatoms. The van der Waals surface area contributed by atoms with Crippen LogP contribution in [0.1, 0.15) is 23.1 Å². The van der Waals surface area contributed by atoms with Crippen molar-refractivity contribution in [2.45, 2.75) is 42.8 Å². The molecule has 0 aliphatic rings. The second kappa shape index (κ2) is 15.3. The standard InChI is InChI=1S/C34H34N2O5S/c37-33(32(25-28-15-7-2-8-16-28)36-34(38)41-26-29-17-9-3-10-18-29)35-30(22-21-27-13-5-1-6-14-27)23-24-42(39,40)31-19-11-4-12-20-31/h1-20,23-24,30,32H,21-22,25-26H2,(H,35,37)(H,36,38)/b24-23+/t30-,32-/m0/s1. The third kappa shape index (κ3) is 9.74. The van der Waals surface area contributed by atoms with Crippen molar-refractivity contribution in [3.05, 3.63) is 150 Å². The van der Waals surface area contributed by atoms with Crippen molar-refractivity contribution in [3.63, 3.8) is 0 Å². The Morgan fingerprint density at radius 3 is 1.81 bits per heavy atom. The third-order valence-electron chi connectivity index (χ3n) is 6.58. The van der Waals surface area contributed by atoms with Gasteiger partial charge < -0.3 is 15.4 Å². The number of carbonyl (C=O) groups is 2. The maximum atomic E-state index is 13.6. The number of aryl methyl sites for hydroxylation is 1. The molecule has 7 nitrogen and oxygen atoms in total. The molecule has 216 valence electrons. The summed E-state index contributed by atoms with van der Waals surface area (Å²) in [5.41, 5.74) is 2.73. The van der Waals surface area contributed by atoms with Crippen molar-refractivity contribution >= 4 is 21.8 Å². The highest BCUT2D eigenvalue weighted by Gasteiger charge is 2.24. The van der Waals surface area contributed by atoms with Crippen LogP contribution in [0, 0.1) is 0 Å². The second-order valence-electron chi connectivity index (χ2n) is 9.77. The number of carbonyl (C=O) groups excluding carboxylic acids is 2. The molecule has 4 aromatic carbocycles. The van der Waals surface area contributed by atoms with E-state index in [0.29, 0.717) is 12.8 Å². The molecule has 2 atom stereocenters. The molecular formula is C34H34N2O5S. The van der Waals surface area contributed by atoms with Crippen LogP contribution in [0.25, 0.3) is 0 Å². The van der Waals surface area contributed by atoms with Crippen LogP contribution in [0.3, 0.4) is 0 Å². The molecule has 2 amide bonds. The molecule has 4 rings (SSSR count). The molecule has 0 fully saturated rings. The van der Waals surface area contributed by atoms with Crippen molar-refractivity contribution < 1.29 is 22.7 Å². The zero-order valence-electron chi connectivity index (χ0n) is 23.1. The van der Waals surface area contributed by atoms with Gasteiger partial charge in [-0.3, -0.25) is 4.79 Å². The third-order valence-corrected chi connectivity index (χ3v) is 8.02. The highest BCUT2D eigenvalue weighted by molar-refractivity contribution is 7.94. The van der Waals surface area contributed by atoms with Gasteiger partial charge in [-0.25, -0.2) is 13.2 Å². The van der Waals surface area contributed by atoms with E-state index in [1.807, 2.05) is 91.0 Å². The smallest absolute Gasteiger partial charge is 0.408 e. The van der Waals surface area contributed by atoms with Gasteiger partial charge in [0.15, 0.2) is 9.84 Å². The molecule has 4 aromatic rings. The minimum Gasteiger partial charge on any atom is -0.445 e. The number of nitrogens with one attached hydrogen (secondary N) is 2. The predicted molar refractivity (Wildman–Crippen MR) is 163 cm³/mol. The zero-order valence-corrected chi connectivity index (χ0v) is 24.0. The fraction of sp³-hybridized carbons (Fsp3) is 0.176. The van der Waals surface area contributed by atoms with E-state index < -0.39 is 33.9 Å². The first-order chi connectivity index (χ1) is 20.4. The molecular weight excluding hydrogens is 548 g/mol. The molecule has 42 heavy (non-hydrogen) atoms. The average Bonchev–Trinajstić information content (AvgIpc) is 3.03. The lowest BCUT2D eigenvalue weighted by Crippen LogP contribution is -2.50. The lowest BCUT2D eigenvalue weighted by Gasteiger charge is -2.22. The summed E-state index contributed by atoms with van der Waals surface area (Å²) in [7, 11) is -3.72. The Kier molecular flexibility index (Phi) is 11.1. The molecule has 2 N–H and O–H groups in total. The summed E-state index contributed by atoms with van der Waals surface area (Å²) in [6.45, 7) is 0.0616. The maximum Gasteiger partial charge on any atom is 0.408 e. The van der Waals surface area contributed by atoms with Crippen LogP contribution in [0.4, 0.5) is 4.79 Å². The average molecular weight is 583 g/mol. The number of hydrogen-bond acceptors (Lipinski definition) is 5. The molecule has 0 spiro atoms. The van der Waals surface area contributed by atoms with Crippen molar-refractivity contribution in [3.8, 4) is 0 Å². The number of rotatable bonds is 13. The van der Waals surface area contributed by atoms with Crippen LogP contribution >= 0.6 is 0 Å². The van der Waals surface area contributed by atoms with E-state index in [1.54, 1.807) is 18.2 Å². The molecule has 0 bridgehead atoms. The number of benzene rings is 4. The first-order valence-electron chi connectivity index (χ1n) is 13.7. The highest BCUT2D eigenvalue weighted by atomic mass is 32.2. The summed E-state index contributed by atoms with van der Waals surface area (Å²) in [6, 6.07) is 34.9. The SMILES string of the molecule is O=C(N[C@@H](Cc1ccccc1)C(=O)N[C@H](/C=C/S(=O)(=O)c1ccccc1)CCc1ccccc1)OCc1ccccc1. The van der Waals surface area contributed by atoms with Gasteiger partial charge in [0.05, 0.1) is 4.90 Å². The Hall–Kier alpha value is -4.69. The van der Waals surface area contributed by atoms with Gasteiger partial charge in [-0.2, -0.15) is 0 Å². The zero-order chi connectivity index (χ0) is 29.6. The molecule has 0 radical (unpaired) electrons. The lowest BCUT2D eigenvalue weighted by atomic mass is 10.0. The number of alkyl carbamates (subject to hydrolysis) is 1. The molecule has 0 saturated heterocycles. The number of ether oxygens (including phenoxy) is 1. The monoisotopic (exact) mass is 582 g/mol. The van der Waals surface area contributed by atoms with Crippen molar-refractivity contribution in [2.75, 3.05) is 0 Å². The minimum absolute atomic E-state index is 0.0616. The van der Waals surface area contributed by atoms with E-state index in [0.717, 1.165) is 22.1 Å². The van der Waals surface area contributed by atoms with E-state index >= 15 is 0 Å². The van der Waals surface area contributed by atoms with Crippen molar-refractivity contribution in [1.82, 2.24) is 10.6 Å². The van der Waals surface area contributed by atoms with E-state index in [2.05, 4.69) is 10.6 Å². The van der Waals surface area contributed by atoms with Gasteiger partial charge in [0.25, 0.3) is 0 Å². The van der Waals surface area contributed by atoms with Crippen LogP contribution in [0.15, 0.2) is 138 Å². The Morgan fingerprint density at radius 1 is 0.690 bits per heavy atom. The van der Waals surface area contributed by atoms with Gasteiger partial charge in [-0.1, -0.05) is 115 Å². The number of sulfone groups is 1. The van der Waals surface area contributed by atoms with Gasteiger partial charge in [-0.15, -0.1) is 0 Å². The van der Waals surface area contributed by atoms with E-state index in [1.165, 1.54) is 18.2 Å². The second-order valence-corrected chi connectivity index (χ2v) is 11.6. The van der Waals surface area contributed by atoms with Crippen molar-refractivity contribution in [1.29, 1.82) is 0 Å². The van der Waals surface area contributed by atoms with Gasteiger partial charge >= 0.3 is 6.09 Å². The van der Waals surface area contributed by atoms with Crippen LogP contribution in [0.2, 0.25) is 0 Å².